The van der Waals surface area contributed by atoms with Gasteiger partial charge >= 0.3 is 0 Å². The molecule has 184 valence electrons. The summed E-state index contributed by atoms with van der Waals surface area (Å²) >= 11 is 1.40. The maximum Gasteiger partial charge on any atom is 0.159 e. The van der Waals surface area contributed by atoms with Crippen molar-refractivity contribution in [3.63, 3.8) is 0 Å². The second-order valence-electron chi connectivity index (χ2n) is 8.95. The van der Waals surface area contributed by atoms with Crippen LogP contribution in [0, 0.1) is 5.92 Å². The molecule has 2 heterocycles. The van der Waals surface area contributed by atoms with E-state index in [-0.39, 0.29) is 0 Å². The van der Waals surface area contributed by atoms with Crippen molar-refractivity contribution in [1.29, 1.82) is 0 Å². The van der Waals surface area contributed by atoms with Gasteiger partial charge in [-0.15, -0.1) is 10.2 Å². The van der Waals surface area contributed by atoms with E-state index in [1.807, 2.05) is 42.5 Å². The van der Waals surface area contributed by atoms with Crippen molar-refractivity contribution < 1.29 is 4.74 Å². The third kappa shape index (κ3) is 8.04. The summed E-state index contributed by atoms with van der Waals surface area (Å²) in [6.07, 6.45) is 6.00. The van der Waals surface area contributed by atoms with Gasteiger partial charge < -0.3 is 9.64 Å². The van der Waals surface area contributed by atoms with Crippen LogP contribution in [0.3, 0.4) is 0 Å². The Balaban J connectivity index is 1.25. The Labute approximate surface area is 212 Å². The fraction of sp³-hybridized carbons (Fsp3) is 0.444. The van der Waals surface area contributed by atoms with Gasteiger partial charge in [0.15, 0.2) is 5.00 Å². The van der Waals surface area contributed by atoms with Crippen LogP contribution in [-0.4, -0.2) is 30.7 Å². The molecule has 1 saturated heterocycles. The first kappa shape index (κ1) is 25.1. The highest BCUT2D eigenvalue weighted by Crippen LogP contribution is 2.27. The second kappa shape index (κ2) is 13.2. The van der Waals surface area contributed by atoms with E-state index in [1.54, 1.807) is 0 Å². The van der Waals surface area contributed by atoms with E-state index < -0.39 is 0 Å². The minimum Gasteiger partial charge on any atom is -0.378 e. The molecule has 7 nitrogen and oxygen atoms in total. The quantitative estimate of drug-likeness (QED) is 0.199. The van der Waals surface area contributed by atoms with Crippen molar-refractivity contribution in [3.8, 4) is 0 Å². The van der Waals surface area contributed by atoms with Crippen molar-refractivity contribution in [2.24, 2.45) is 26.4 Å². The summed E-state index contributed by atoms with van der Waals surface area (Å²) in [5, 5.41) is 18.2. The number of aryl methyl sites for hydroxylation is 1. The zero-order valence-corrected chi connectivity index (χ0v) is 21.5. The maximum absolute atomic E-state index is 5.41. The number of hydrogen-bond donors (Lipinski definition) is 0. The van der Waals surface area contributed by atoms with Crippen LogP contribution >= 0.6 is 11.5 Å². The highest BCUT2D eigenvalue weighted by Gasteiger charge is 2.10. The molecule has 0 radical (unpaired) electrons. The molecule has 1 aliphatic rings. The number of hydrogen-bond acceptors (Lipinski definition) is 8. The Morgan fingerprint density at radius 1 is 0.886 bits per heavy atom. The predicted molar refractivity (Wildman–Crippen MR) is 143 cm³/mol. The topological polar surface area (TPSA) is 74.8 Å². The number of nitrogens with zero attached hydrogens (tertiary/aromatic N) is 6. The van der Waals surface area contributed by atoms with Crippen molar-refractivity contribution in [3.05, 3.63) is 60.3 Å². The van der Waals surface area contributed by atoms with E-state index in [0.717, 1.165) is 66.4 Å². The molecule has 3 aromatic rings. The van der Waals surface area contributed by atoms with Crippen molar-refractivity contribution in [1.82, 2.24) is 4.37 Å². The molecule has 0 saturated carbocycles. The van der Waals surface area contributed by atoms with Gasteiger partial charge in [0.05, 0.1) is 36.0 Å². The van der Waals surface area contributed by atoms with Gasteiger partial charge in [-0.3, -0.25) is 0 Å². The zero-order valence-electron chi connectivity index (χ0n) is 20.6. The average molecular weight is 491 g/mol. The summed E-state index contributed by atoms with van der Waals surface area (Å²) in [6, 6.07) is 17.8. The summed E-state index contributed by atoms with van der Waals surface area (Å²) in [6.45, 7) is 7.98. The molecule has 1 unspecified atom stereocenters. The number of aromatic nitrogens is 1. The molecular weight excluding hydrogens is 456 g/mol. The van der Waals surface area contributed by atoms with Crippen molar-refractivity contribution in [2.75, 3.05) is 31.2 Å². The Morgan fingerprint density at radius 3 is 2.11 bits per heavy atom. The molecule has 4 rings (SSSR count). The van der Waals surface area contributed by atoms with Gasteiger partial charge in [-0.05, 0) is 78.8 Å². The molecule has 0 bridgehead atoms. The van der Waals surface area contributed by atoms with Gasteiger partial charge in [0.2, 0.25) is 0 Å². The molecule has 0 spiro atoms. The fourth-order valence-corrected chi connectivity index (χ4v) is 4.45. The lowest BCUT2D eigenvalue weighted by molar-refractivity contribution is 0.122. The normalized spacial score (nSPS) is 15.3. The van der Waals surface area contributed by atoms with E-state index in [0.29, 0.717) is 0 Å². The highest BCUT2D eigenvalue weighted by atomic mass is 32.1. The summed E-state index contributed by atoms with van der Waals surface area (Å²) in [5.74, 6) is 0.815. The molecule has 8 heteroatoms. The van der Waals surface area contributed by atoms with Crippen molar-refractivity contribution in [2.45, 2.75) is 46.0 Å². The molecule has 35 heavy (non-hydrogen) atoms. The molecule has 0 amide bonds. The predicted octanol–water partition coefficient (Wildman–Crippen LogP) is 8.57. The van der Waals surface area contributed by atoms with Crippen LogP contribution in [0.2, 0.25) is 0 Å². The smallest absolute Gasteiger partial charge is 0.159 e. The Bertz CT molecular complexity index is 1090. The van der Waals surface area contributed by atoms with Crippen LogP contribution < -0.4 is 4.90 Å². The van der Waals surface area contributed by atoms with Gasteiger partial charge in [0.1, 0.15) is 0 Å². The molecule has 1 aliphatic heterocycles. The van der Waals surface area contributed by atoms with E-state index >= 15 is 0 Å². The summed E-state index contributed by atoms with van der Waals surface area (Å²) in [5.41, 5.74) is 4.69. The largest absolute Gasteiger partial charge is 0.378 e. The van der Waals surface area contributed by atoms with Gasteiger partial charge in [-0.2, -0.15) is 14.6 Å². The van der Waals surface area contributed by atoms with E-state index in [4.69, 9.17) is 4.74 Å². The Hall–Kier alpha value is -2.97. The monoisotopic (exact) mass is 490 g/mol. The van der Waals surface area contributed by atoms with Crippen LogP contribution in [-0.2, 0) is 11.2 Å². The lowest BCUT2D eigenvalue weighted by Gasteiger charge is -2.28. The van der Waals surface area contributed by atoms with Gasteiger partial charge in [-0.1, -0.05) is 33.1 Å². The molecule has 0 aliphatic carbocycles. The van der Waals surface area contributed by atoms with Crippen LogP contribution in [0.15, 0.2) is 75.1 Å². The summed E-state index contributed by atoms with van der Waals surface area (Å²) in [4.78, 5) is 2.32. The third-order valence-electron chi connectivity index (χ3n) is 6.24. The number of morpholine rings is 1. The van der Waals surface area contributed by atoms with Crippen LogP contribution in [0.25, 0.3) is 0 Å². The standard InChI is InChI=1S/C27H34N6OS/c1-3-21(2)6-4-5-7-25-20-27(35-32-25)31-30-23-10-8-22(9-11-23)28-29-24-12-14-26(15-13-24)33-16-18-34-19-17-33/h8-15,20-21H,3-7,16-19H2,1-2H3/b29-28+,31-30+. The zero-order chi connectivity index (χ0) is 24.3. The van der Waals surface area contributed by atoms with Crippen LogP contribution in [0.5, 0.6) is 0 Å². The van der Waals surface area contributed by atoms with Gasteiger partial charge in [-0.25, -0.2) is 0 Å². The van der Waals surface area contributed by atoms with E-state index in [9.17, 15) is 0 Å². The van der Waals surface area contributed by atoms with E-state index in [1.165, 1.54) is 42.9 Å². The van der Waals surface area contributed by atoms with Gasteiger partial charge in [0, 0.05) is 24.8 Å². The lowest BCUT2D eigenvalue weighted by atomic mass is 10.0. The average Bonchev–Trinajstić information content (AvgIpc) is 3.37. The summed E-state index contributed by atoms with van der Waals surface area (Å²) < 4.78 is 9.93. The fourth-order valence-electron chi connectivity index (χ4n) is 3.83. The van der Waals surface area contributed by atoms with Crippen molar-refractivity contribution >= 4 is 39.3 Å². The minimum atomic E-state index is 0.777. The van der Waals surface area contributed by atoms with Crippen LogP contribution in [0.4, 0.5) is 27.8 Å². The number of rotatable bonds is 11. The number of benzene rings is 2. The third-order valence-corrected chi connectivity index (χ3v) is 6.96. The highest BCUT2D eigenvalue weighted by molar-refractivity contribution is 7.09. The number of azo groups is 2. The number of unbranched alkanes of at least 4 members (excludes halogenated alkanes) is 1. The summed E-state index contributed by atoms with van der Waals surface area (Å²) in [7, 11) is 0. The Morgan fingerprint density at radius 2 is 1.49 bits per heavy atom. The second-order valence-corrected chi connectivity index (χ2v) is 9.73. The number of anilines is 1. The molecule has 0 N–H and O–H groups in total. The molecule has 2 aromatic carbocycles. The maximum atomic E-state index is 5.41. The number of ether oxygens (including phenoxy) is 1. The molecule has 1 fully saturated rings. The molecular formula is C27H34N6OS. The first-order valence-electron chi connectivity index (χ1n) is 12.5. The van der Waals surface area contributed by atoms with E-state index in [2.05, 4.69) is 55.7 Å². The Kier molecular flexibility index (Phi) is 9.48. The first-order chi connectivity index (χ1) is 17.2. The van der Waals surface area contributed by atoms with Crippen LogP contribution in [0.1, 0.15) is 45.2 Å². The lowest BCUT2D eigenvalue weighted by Crippen LogP contribution is -2.36. The van der Waals surface area contributed by atoms with Gasteiger partial charge in [0.25, 0.3) is 0 Å². The SMILES string of the molecule is CCC(C)CCCCc1cc(/N=N/c2ccc(/N=N/c3ccc(N4CCOCC4)cc3)cc2)sn1. The molecule has 1 atom stereocenters. The first-order valence-corrected chi connectivity index (χ1v) is 13.3. The molecule has 1 aromatic heterocycles. The minimum absolute atomic E-state index is 0.777.